The van der Waals surface area contributed by atoms with Crippen molar-refractivity contribution < 1.29 is 19.5 Å². The number of carbonyl (C=O) groups is 3. The number of aliphatic hydroxyl groups excluding tert-OH is 1. The van der Waals surface area contributed by atoms with E-state index >= 15 is 0 Å². The Morgan fingerprint density at radius 1 is 1.17 bits per heavy atom. The van der Waals surface area contributed by atoms with Crippen LogP contribution in [0.3, 0.4) is 0 Å². The van der Waals surface area contributed by atoms with Gasteiger partial charge < -0.3 is 19.8 Å². The number of amides is 3. The van der Waals surface area contributed by atoms with Crippen LogP contribution in [0.2, 0.25) is 0 Å². The minimum atomic E-state index is -0.814. The summed E-state index contributed by atoms with van der Waals surface area (Å²) in [4.78, 5) is 46.0. The maximum atomic E-state index is 13.9. The first kappa shape index (κ1) is 21.4. The van der Waals surface area contributed by atoms with Gasteiger partial charge in [-0.1, -0.05) is 24.3 Å². The zero-order valence-electron chi connectivity index (χ0n) is 18.2. The maximum absolute atomic E-state index is 13.9. The van der Waals surface area contributed by atoms with Crippen molar-refractivity contribution in [3.05, 3.63) is 24.3 Å². The zero-order chi connectivity index (χ0) is 22.0. The number of likely N-dealkylation sites (tertiary alicyclic amines) is 1. The SMILES string of the molecule is C[C@H](CO)N1C(=O)[C@@H]2[C@@H]3C(=O)N(C)CC=C[C@@H]3S[C@@]23C=CCN(C(C)(C)C)C(=O)C13. The number of rotatable bonds is 2. The van der Waals surface area contributed by atoms with E-state index in [-0.39, 0.29) is 29.6 Å². The molecule has 164 valence electrons. The van der Waals surface area contributed by atoms with Crippen LogP contribution in [0.1, 0.15) is 27.7 Å². The smallest absolute Gasteiger partial charge is 0.247 e. The van der Waals surface area contributed by atoms with Crippen molar-refractivity contribution in [2.75, 3.05) is 26.7 Å². The fourth-order valence-corrected chi connectivity index (χ4v) is 7.36. The first-order chi connectivity index (χ1) is 14.0. The molecule has 6 atom stereocenters. The number of hydrogen-bond acceptors (Lipinski definition) is 5. The van der Waals surface area contributed by atoms with Crippen LogP contribution in [-0.4, -0.2) is 91.9 Å². The summed E-state index contributed by atoms with van der Waals surface area (Å²) in [7, 11) is 1.76. The molecule has 3 amide bonds. The summed E-state index contributed by atoms with van der Waals surface area (Å²) in [6.07, 6.45) is 7.99. The summed E-state index contributed by atoms with van der Waals surface area (Å²) in [6, 6.07) is -1.24. The van der Waals surface area contributed by atoms with Crippen LogP contribution in [0.5, 0.6) is 0 Å². The number of nitrogens with zero attached hydrogens (tertiary/aromatic N) is 3. The Labute approximate surface area is 182 Å². The molecule has 1 unspecified atom stereocenters. The molecule has 1 spiro atoms. The van der Waals surface area contributed by atoms with Gasteiger partial charge in [-0.15, -0.1) is 11.8 Å². The van der Waals surface area contributed by atoms with Crippen molar-refractivity contribution in [1.29, 1.82) is 0 Å². The molecular formula is C22H31N3O4S. The van der Waals surface area contributed by atoms with Gasteiger partial charge in [-0.25, -0.2) is 0 Å². The lowest BCUT2D eigenvalue weighted by atomic mass is 9.78. The predicted molar refractivity (Wildman–Crippen MR) is 116 cm³/mol. The van der Waals surface area contributed by atoms with Crippen LogP contribution in [0.25, 0.3) is 0 Å². The summed E-state index contributed by atoms with van der Waals surface area (Å²) >= 11 is 1.57. The summed E-state index contributed by atoms with van der Waals surface area (Å²) in [5.41, 5.74) is -0.411. The second kappa shape index (κ2) is 7.12. The molecule has 4 heterocycles. The third-order valence-corrected chi connectivity index (χ3v) is 8.59. The lowest BCUT2D eigenvalue weighted by molar-refractivity contribution is -0.148. The molecule has 2 fully saturated rings. The van der Waals surface area contributed by atoms with Gasteiger partial charge in [0.1, 0.15) is 6.04 Å². The van der Waals surface area contributed by atoms with Crippen molar-refractivity contribution in [2.45, 2.75) is 55.3 Å². The second-order valence-electron chi connectivity index (χ2n) is 9.79. The first-order valence-electron chi connectivity index (χ1n) is 10.6. The summed E-state index contributed by atoms with van der Waals surface area (Å²) in [5.74, 6) is -1.50. The number of fused-ring (bicyclic) bond motifs is 2. The molecule has 0 aliphatic carbocycles. The van der Waals surface area contributed by atoms with Crippen molar-refractivity contribution in [3.63, 3.8) is 0 Å². The standard InChI is InChI=1S/C22H31N3O4S/c1-13(12-26)25-17-20(29)24(21(2,3)4)11-7-9-22(17)16(19(25)28)15-14(30-22)8-6-10-23(5)18(15)27/h6-9,13-17,26H,10-12H2,1-5H3/t13-,14+,15-,16+,17?,22+/m1/s1. The monoisotopic (exact) mass is 433 g/mol. The van der Waals surface area contributed by atoms with E-state index < -0.39 is 34.2 Å². The molecule has 2 saturated heterocycles. The van der Waals surface area contributed by atoms with Gasteiger partial charge in [-0.05, 0) is 27.7 Å². The molecule has 4 rings (SSSR count). The highest BCUT2D eigenvalue weighted by Gasteiger charge is 2.71. The molecule has 0 aromatic carbocycles. The molecule has 1 N–H and O–H groups in total. The molecule has 0 aromatic heterocycles. The van der Waals surface area contributed by atoms with Crippen LogP contribution < -0.4 is 0 Å². The third-order valence-electron chi connectivity index (χ3n) is 6.85. The number of hydrogen-bond donors (Lipinski definition) is 1. The minimum Gasteiger partial charge on any atom is -0.394 e. The van der Waals surface area contributed by atoms with Gasteiger partial charge >= 0.3 is 0 Å². The fraction of sp³-hybridized carbons (Fsp3) is 0.682. The highest BCUT2D eigenvalue weighted by Crippen LogP contribution is 2.61. The molecule has 0 aromatic rings. The Hall–Kier alpha value is -1.80. The van der Waals surface area contributed by atoms with E-state index in [4.69, 9.17) is 0 Å². The largest absolute Gasteiger partial charge is 0.394 e. The van der Waals surface area contributed by atoms with Crippen molar-refractivity contribution in [1.82, 2.24) is 14.7 Å². The highest BCUT2D eigenvalue weighted by atomic mass is 32.2. The Kier molecular flexibility index (Phi) is 5.09. The van der Waals surface area contributed by atoms with Gasteiger partial charge in [0.25, 0.3) is 0 Å². The summed E-state index contributed by atoms with van der Waals surface area (Å²) in [5, 5.41) is 9.74. The molecule has 4 aliphatic rings. The van der Waals surface area contributed by atoms with Crippen molar-refractivity contribution in [3.8, 4) is 0 Å². The van der Waals surface area contributed by atoms with E-state index in [9.17, 15) is 19.5 Å². The molecule has 0 radical (unpaired) electrons. The molecule has 0 bridgehead atoms. The average Bonchev–Trinajstić information content (AvgIpc) is 3.00. The molecule has 30 heavy (non-hydrogen) atoms. The Morgan fingerprint density at radius 3 is 2.50 bits per heavy atom. The van der Waals surface area contributed by atoms with E-state index in [1.165, 1.54) is 0 Å². The third kappa shape index (κ3) is 2.87. The van der Waals surface area contributed by atoms with E-state index in [1.807, 2.05) is 45.1 Å². The Morgan fingerprint density at radius 2 is 1.87 bits per heavy atom. The Bertz CT molecular complexity index is 835. The normalized spacial score (nSPS) is 37.1. The second-order valence-corrected chi connectivity index (χ2v) is 11.3. The van der Waals surface area contributed by atoms with Gasteiger partial charge in [0.15, 0.2) is 0 Å². The minimum absolute atomic E-state index is 0.0530. The molecule has 0 saturated carbocycles. The van der Waals surface area contributed by atoms with Crippen LogP contribution in [0.15, 0.2) is 24.3 Å². The van der Waals surface area contributed by atoms with Crippen LogP contribution in [0.4, 0.5) is 0 Å². The van der Waals surface area contributed by atoms with Crippen LogP contribution in [0, 0.1) is 11.8 Å². The topological polar surface area (TPSA) is 81.2 Å². The zero-order valence-corrected chi connectivity index (χ0v) is 19.1. The number of likely N-dealkylation sites (N-methyl/N-ethyl adjacent to an activating group) is 1. The van der Waals surface area contributed by atoms with Gasteiger partial charge in [0.2, 0.25) is 17.7 Å². The molecular weight excluding hydrogens is 402 g/mol. The molecule has 4 aliphatic heterocycles. The van der Waals surface area contributed by atoms with Gasteiger partial charge in [0.05, 0.1) is 29.2 Å². The van der Waals surface area contributed by atoms with Crippen LogP contribution in [-0.2, 0) is 14.4 Å². The molecule has 8 heteroatoms. The summed E-state index contributed by atoms with van der Waals surface area (Å²) < 4.78 is -0.814. The van der Waals surface area contributed by atoms with Crippen molar-refractivity contribution in [2.24, 2.45) is 11.8 Å². The lowest BCUT2D eigenvalue weighted by Crippen LogP contribution is -2.59. The quantitative estimate of drug-likeness (QED) is 0.654. The highest BCUT2D eigenvalue weighted by molar-refractivity contribution is 8.02. The average molecular weight is 434 g/mol. The number of carbonyl (C=O) groups excluding carboxylic acids is 3. The lowest BCUT2D eigenvalue weighted by Gasteiger charge is -2.41. The van der Waals surface area contributed by atoms with Gasteiger partial charge in [0, 0.05) is 30.9 Å². The van der Waals surface area contributed by atoms with E-state index in [1.54, 1.807) is 40.4 Å². The van der Waals surface area contributed by atoms with Gasteiger partial charge in [-0.2, -0.15) is 0 Å². The number of aliphatic hydroxyl groups is 1. The van der Waals surface area contributed by atoms with E-state index in [0.29, 0.717) is 13.1 Å². The van der Waals surface area contributed by atoms with Crippen LogP contribution >= 0.6 is 11.8 Å². The van der Waals surface area contributed by atoms with E-state index in [0.717, 1.165) is 0 Å². The first-order valence-corrected chi connectivity index (χ1v) is 11.4. The number of thioether (sulfide) groups is 1. The predicted octanol–water partition coefficient (Wildman–Crippen LogP) is 0.890. The maximum Gasteiger partial charge on any atom is 0.247 e. The fourth-order valence-electron chi connectivity index (χ4n) is 5.37. The molecule has 7 nitrogen and oxygen atoms in total. The summed E-state index contributed by atoms with van der Waals surface area (Å²) in [6.45, 7) is 8.46. The van der Waals surface area contributed by atoms with Gasteiger partial charge in [-0.3, -0.25) is 14.4 Å². The van der Waals surface area contributed by atoms with E-state index in [2.05, 4.69) is 0 Å². The van der Waals surface area contributed by atoms with Crippen molar-refractivity contribution >= 4 is 29.5 Å². The Balaban J connectivity index is 1.88.